The third kappa shape index (κ3) is 2.38. The van der Waals surface area contributed by atoms with Crippen molar-refractivity contribution < 1.29 is 0 Å². The highest BCUT2D eigenvalue weighted by atomic mass is 35.5. The van der Waals surface area contributed by atoms with Crippen molar-refractivity contribution in [2.45, 2.75) is 45.0 Å². The van der Waals surface area contributed by atoms with E-state index in [9.17, 15) is 0 Å². The largest absolute Gasteiger partial charge is 0.326 e. The Kier molecular flexibility index (Phi) is 3.53. The summed E-state index contributed by atoms with van der Waals surface area (Å²) in [6.07, 6.45) is 4.07. The SMILES string of the molecule is CC(Cl)c1nc2ccccc2n1CC1CCCC1C. The van der Waals surface area contributed by atoms with E-state index in [-0.39, 0.29) is 5.38 Å². The van der Waals surface area contributed by atoms with E-state index in [4.69, 9.17) is 16.6 Å². The minimum atomic E-state index is -0.0379. The number of aromatic nitrogens is 2. The molecular weight excluding hydrogens is 256 g/mol. The van der Waals surface area contributed by atoms with Crippen LogP contribution in [0, 0.1) is 11.8 Å². The van der Waals surface area contributed by atoms with Crippen molar-refractivity contribution in [1.82, 2.24) is 9.55 Å². The first kappa shape index (κ1) is 13.0. The van der Waals surface area contributed by atoms with Crippen LogP contribution in [0.3, 0.4) is 0 Å². The molecule has 3 unspecified atom stereocenters. The molecule has 0 spiro atoms. The van der Waals surface area contributed by atoms with E-state index >= 15 is 0 Å². The van der Waals surface area contributed by atoms with Gasteiger partial charge in [0, 0.05) is 6.54 Å². The Morgan fingerprint density at radius 2 is 2.16 bits per heavy atom. The topological polar surface area (TPSA) is 17.8 Å². The number of hydrogen-bond acceptors (Lipinski definition) is 1. The molecule has 1 fully saturated rings. The highest BCUT2D eigenvalue weighted by molar-refractivity contribution is 6.20. The first-order valence-corrected chi connectivity index (χ1v) is 7.69. The van der Waals surface area contributed by atoms with Gasteiger partial charge in [0.25, 0.3) is 0 Å². The molecule has 2 aromatic rings. The third-order valence-electron chi connectivity index (χ3n) is 4.50. The lowest BCUT2D eigenvalue weighted by molar-refractivity contribution is 0.363. The molecule has 0 radical (unpaired) electrons. The summed E-state index contributed by atoms with van der Waals surface area (Å²) in [5.41, 5.74) is 2.29. The normalized spacial score (nSPS) is 25.0. The maximum absolute atomic E-state index is 6.32. The van der Waals surface area contributed by atoms with Crippen LogP contribution in [-0.2, 0) is 6.54 Å². The Hall–Kier alpha value is -1.02. The molecule has 1 aliphatic rings. The minimum Gasteiger partial charge on any atom is -0.326 e. The molecule has 3 heteroatoms. The molecule has 1 aliphatic carbocycles. The highest BCUT2D eigenvalue weighted by Gasteiger charge is 2.26. The van der Waals surface area contributed by atoms with Crippen molar-refractivity contribution in [3.8, 4) is 0 Å². The van der Waals surface area contributed by atoms with Gasteiger partial charge in [0.1, 0.15) is 5.82 Å². The van der Waals surface area contributed by atoms with Crippen LogP contribution in [0.5, 0.6) is 0 Å². The van der Waals surface area contributed by atoms with Gasteiger partial charge in [0.2, 0.25) is 0 Å². The number of imidazole rings is 1. The number of rotatable bonds is 3. The molecule has 0 N–H and O–H groups in total. The van der Waals surface area contributed by atoms with Gasteiger partial charge in [-0.2, -0.15) is 0 Å². The van der Waals surface area contributed by atoms with Crippen molar-refractivity contribution >= 4 is 22.6 Å². The number of alkyl halides is 1. The van der Waals surface area contributed by atoms with Gasteiger partial charge in [0.05, 0.1) is 16.4 Å². The second kappa shape index (κ2) is 5.16. The van der Waals surface area contributed by atoms with E-state index in [1.54, 1.807) is 0 Å². The Balaban J connectivity index is 2.02. The zero-order valence-corrected chi connectivity index (χ0v) is 12.4. The van der Waals surface area contributed by atoms with E-state index in [0.29, 0.717) is 0 Å². The first-order valence-electron chi connectivity index (χ1n) is 7.26. The lowest BCUT2D eigenvalue weighted by atomic mass is 9.98. The lowest BCUT2D eigenvalue weighted by Crippen LogP contribution is -2.15. The summed E-state index contributed by atoms with van der Waals surface area (Å²) in [6.45, 7) is 5.45. The van der Waals surface area contributed by atoms with Crippen molar-refractivity contribution in [2.75, 3.05) is 0 Å². The Morgan fingerprint density at radius 3 is 2.84 bits per heavy atom. The van der Waals surface area contributed by atoms with Crippen LogP contribution in [0.1, 0.15) is 44.3 Å². The predicted octanol–water partition coefficient (Wildman–Crippen LogP) is 4.77. The average Bonchev–Trinajstić information content (AvgIpc) is 2.95. The van der Waals surface area contributed by atoms with E-state index in [0.717, 1.165) is 29.7 Å². The predicted molar refractivity (Wildman–Crippen MR) is 80.5 cm³/mol. The summed E-state index contributed by atoms with van der Waals surface area (Å²) < 4.78 is 2.35. The molecule has 1 heterocycles. The zero-order chi connectivity index (χ0) is 13.4. The van der Waals surface area contributed by atoms with Gasteiger partial charge in [0.15, 0.2) is 0 Å². The molecule has 0 saturated heterocycles. The summed E-state index contributed by atoms with van der Waals surface area (Å²) in [5.74, 6) is 2.60. The van der Waals surface area contributed by atoms with Crippen LogP contribution < -0.4 is 0 Å². The molecule has 1 aromatic carbocycles. The number of para-hydroxylation sites is 2. The maximum atomic E-state index is 6.32. The molecule has 2 nitrogen and oxygen atoms in total. The third-order valence-corrected chi connectivity index (χ3v) is 4.69. The van der Waals surface area contributed by atoms with Crippen LogP contribution in [-0.4, -0.2) is 9.55 Å². The van der Waals surface area contributed by atoms with Gasteiger partial charge >= 0.3 is 0 Å². The van der Waals surface area contributed by atoms with Crippen LogP contribution in [0.15, 0.2) is 24.3 Å². The first-order chi connectivity index (χ1) is 9.16. The van der Waals surface area contributed by atoms with Gasteiger partial charge < -0.3 is 4.57 Å². The monoisotopic (exact) mass is 276 g/mol. The zero-order valence-electron chi connectivity index (χ0n) is 11.6. The van der Waals surface area contributed by atoms with E-state index in [2.05, 4.69) is 29.7 Å². The quantitative estimate of drug-likeness (QED) is 0.738. The van der Waals surface area contributed by atoms with E-state index in [1.807, 2.05) is 13.0 Å². The molecule has 1 aromatic heterocycles. The summed E-state index contributed by atoms with van der Waals surface area (Å²) in [7, 11) is 0. The van der Waals surface area contributed by atoms with Crippen LogP contribution in [0.25, 0.3) is 11.0 Å². The summed E-state index contributed by atoms with van der Waals surface area (Å²) in [6, 6.07) is 8.36. The summed E-state index contributed by atoms with van der Waals surface area (Å²) in [5, 5.41) is -0.0379. The van der Waals surface area contributed by atoms with E-state index < -0.39 is 0 Å². The smallest absolute Gasteiger partial charge is 0.127 e. The number of fused-ring (bicyclic) bond motifs is 1. The van der Waals surface area contributed by atoms with Gasteiger partial charge in [-0.15, -0.1) is 11.6 Å². The Bertz CT molecular complexity index is 573. The summed E-state index contributed by atoms with van der Waals surface area (Å²) >= 11 is 6.32. The Morgan fingerprint density at radius 1 is 1.37 bits per heavy atom. The number of benzene rings is 1. The fourth-order valence-corrected chi connectivity index (χ4v) is 3.48. The molecule has 102 valence electrons. The molecule has 1 saturated carbocycles. The number of nitrogens with zero attached hydrogens (tertiary/aromatic N) is 2. The average molecular weight is 277 g/mol. The molecule has 0 bridgehead atoms. The van der Waals surface area contributed by atoms with Gasteiger partial charge in [-0.05, 0) is 37.3 Å². The van der Waals surface area contributed by atoms with Gasteiger partial charge in [-0.25, -0.2) is 4.98 Å². The maximum Gasteiger partial charge on any atom is 0.127 e. The van der Waals surface area contributed by atoms with Gasteiger partial charge in [-0.1, -0.05) is 31.9 Å². The van der Waals surface area contributed by atoms with Crippen molar-refractivity contribution in [3.63, 3.8) is 0 Å². The van der Waals surface area contributed by atoms with Crippen molar-refractivity contribution in [2.24, 2.45) is 11.8 Å². The molecule has 0 aliphatic heterocycles. The van der Waals surface area contributed by atoms with E-state index in [1.165, 1.54) is 24.8 Å². The Labute approximate surface area is 119 Å². The van der Waals surface area contributed by atoms with Crippen LogP contribution >= 0.6 is 11.6 Å². The lowest BCUT2D eigenvalue weighted by Gasteiger charge is -2.19. The second-order valence-electron chi connectivity index (χ2n) is 5.85. The minimum absolute atomic E-state index is 0.0379. The number of hydrogen-bond donors (Lipinski definition) is 0. The molecule has 19 heavy (non-hydrogen) atoms. The second-order valence-corrected chi connectivity index (χ2v) is 6.51. The van der Waals surface area contributed by atoms with Crippen LogP contribution in [0.2, 0.25) is 0 Å². The fourth-order valence-electron chi connectivity index (χ4n) is 3.32. The molecular formula is C16H21ClN2. The van der Waals surface area contributed by atoms with Crippen LogP contribution in [0.4, 0.5) is 0 Å². The summed E-state index contributed by atoms with van der Waals surface area (Å²) in [4.78, 5) is 4.71. The molecule has 3 atom stereocenters. The highest BCUT2D eigenvalue weighted by Crippen LogP contribution is 2.34. The number of halogens is 1. The van der Waals surface area contributed by atoms with Gasteiger partial charge in [-0.3, -0.25) is 0 Å². The standard InChI is InChI=1S/C16H21ClN2/c1-11-6-5-7-13(11)10-19-15-9-4-3-8-14(15)18-16(19)12(2)17/h3-4,8-9,11-13H,5-7,10H2,1-2H3. The van der Waals surface area contributed by atoms with Crippen molar-refractivity contribution in [1.29, 1.82) is 0 Å². The molecule has 0 amide bonds. The van der Waals surface area contributed by atoms with Crippen molar-refractivity contribution in [3.05, 3.63) is 30.1 Å². The molecule has 3 rings (SSSR count). The fraction of sp³-hybridized carbons (Fsp3) is 0.562.